The van der Waals surface area contributed by atoms with E-state index in [1.54, 1.807) is 50.2 Å². The normalized spacial score (nSPS) is 11.5. The number of benzene rings is 1. The van der Waals surface area contributed by atoms with Gasteiger partial charge >= 0.3 is 0 Å². The van der Waals surface area contributed by atoms with Gasteiger partial charge in [0.15, 0.2) is 0 Å². The maximum absolute atomic E-state index is 12.2. The summed E-state index contributed by atoms with van der Waals surface area (Å²) in [5.74, 6) is -0.696. The predicted octanol–water partition coefficient (Wildman–Crippen LogP) is 3.62. The Morgan fingerprint density at radius 1 is 1.04 bits per heavy atom. The van der Waals surface area contributed by atoms with E-state index in [-0.39, 0.29) is 17.7 Å². The molecule has 0 aliphatic heterocycles. The molecule has 1 aromatic heterocycles. The second-order valence-corrected chi connectivity index (χ2v) is 7.73. The predicted molar refractivity (Wildman–Crippen MR) is 103 cm³/mol. The number of carbonyl (C=O) groups is 3. The lowest BCUT2D eigenvalue weighted by Gasteiger charge is -2.14. The van der Waals surface area contributed by atoms with Crippen LogP contribution in [0.4, 0.5) is 11.4 Å². The molecule has 132 valence electrons. The van der Waals surface area contributed by atoms with Gasteiger partial charge in [0, 0.05) is 17.8 Å². The molecule has 1 heterocycles. The Morgan fingerprint density at radius 3 is 2.16 bits per heavy atom. The van der Waals surface area contributed by atoms with Crippen LogP contribution in [0.2, 0.25) is 0 Å². The van der Waals surface area contributed by atoms with Gasteiger partial charge in [0.1, 0.15) is 6.04 Å². The largest absolute Gasteiger partial charge is 0.340 e. The van der Waals surface area contributed by atoms with Crippen LogP contribution in [-0.2, 0) is 9.59 Å². The van der Waals surface area contributed by atoms with Gasteiger partial charge in [0.25, 0.3) is 5.91 Å². The van der Waals surface area contributed by atoms with Gasteiger partial charge in [0.05, 0.1) is 8.66 Å². The van der Waals surface area contributed by atoms with Crippen LogP contribution in [-0.4, -0.2) is 23.8 Å². The average Bonchev–Trinajstić information content (AvgIpc) is 3.03. The summed E-state index contributed by atoms with van der Waals surface area (Å²) >= 11 is 4.60. The minimum atomic E-state index is -0.687. The Labute approximate surface area is 158 Å². The lowest BCUT2D eigenvalue weighted by molar-refractivity contribution is -0.117. The minimum absolute atomic E-state index is 0.0756. The van der Waals surface area contributed by atoms with Crippen molar-refractivity contribution in [2.75, 3.05) is 10.6 Å². The van der Waals surface area contributed by atoms with Crippen molar-refractivity contribution < 1.29 is 14.4 Å². The van der Waals surface area contributed by atoms with Crippen molar-refractivity contribution in [3.63, 3.8) is 0 Å². The van der Waals surface area contributed by atoms with Crippen molar-refractivity contribution in [3.05, 3.63) is 45.1 Å². The molecule has 0 saturated heterocycles. The summed E-state index contributed by atoms with van der Waals surface area (Å²) in [7, 11) is 0. The van der Waals surface area contributed by atoms with Crippen molar-refractivity contribution in [3.8, 4) is 0 Å². The first-order valence-electron chi connectivity index (χ1n) is 7.66. The fraction of sp³-hybridized carbons (Fsp3) is 0.235. The summed E-state index contributed by atoms with van der Waals surface area (Å²) in [5.41, 5.74) is 1.24. The van der Waals surface area contributed by atoms with Crippen molar-refractivity contribution in [2.24, 2.45) is 0 Å². The molecule has 2 rings (SSSR count). The highest BCUT2D eigenvalue weighted by atomic mass is 79.9. The molecule has 3 amide bonds. The average molecular weight is 424 g/mol. The third-order valence-corrected chi connectivity index (χ3v) is 4.92. The summed E-state index contributed by atoms with van der Waals surface area (Å²) in [5, 5.41) is 8.11. The molecular weight excluding hydrogens is 406 g/mol. The summed E-state index contributed by atoms with van der Waals surface area (Å²) in [6.07, 6.45) is 0.399. The number of carbonyl (C=O) groups excluding carboxylic acids is 3. The van der Waals surface area contributed by atoms with E-state index in [0.29, 0.717) is 22.7 Å². The molecule has 0 spiro atoms. The highest BCUT2D eigenvalue weighted by Gasteiger charge is 2.17. The topological polar surface area (TPSA) is 87.3 Å². The third-order valence-electron chi connectivity index (χ3n) is 3.30. The van der Waals surface area contributed by atoms with E-state index >= 15 is 0 Å². The van der Waals surface area contributed by atoms with Gasteiger partial charge in [-0.1, -0.05) is 6.92 Å². The molecule has 3 N–H and O–H groups in total. The van der Waals surface area contributed by atoms with Gasteiger partial charge in [-0.25, -0.2) is 0 Å². The monoisotopic (exact) mass is 423 g/mol. The van der Waals surface area contributed by atoms with Crippen LogP contribution >= 0.6 is 27.3 Å². The van der Waals surface area contributed by atoms with Crippen LogP contribution in [0.1, 0.15) is 29.9 Å². The van der Waals surface area contributed by atoms with Gasteiger partial charge in [0.2, 0.25) is 11.8 Å². The van der Waals surface area contributed by atoms with Crippen LogP contribution in [0.5, 0.6) is 0 Å². The highest BCUT2D eigenvalue weighted by molar-refractivity contribution is 9.11. The second kappa shape index (κ2) is 8.77. The molecule has 0 aliphatic carbocycles. The van der Waals surface area contributed by atoms with E-state index in [1.165, 1.54) is 11.3 Å². The van der Waals surface area contributed by atoms with Gasteiger partial charge in [-0.3, -0.25) is 14.4 Å². The Bertz CT molecular complexity index is 774. The first-order valence-corrected chi connectivity index (χ1v) is 9.27. The van der Waals surface area contributed by atoms with Crippen molar-refractivity contribution in [1.29, 1.82) is 0 Å². The van der Waals surface area contributed by atoms with Crippen LogP contribution in [0.3, 0.4) is 0 Å². The molecule has 1 unspecified atom stereocenters. The van der Waals surface area contributed by atoms with Crippen LogP contribution in [0.25, 0.3) is 0 Å². The van der Waals surface area contributed by atoms with Gasteiger partial charge in [-0.2, -0.15) is 0 Å². The fourth-order valence-corrected chi connectivity index (χ4v) is 3.20. The molecule has 2 aromatic rings. The van der Waals surface area contributed by atoms with Crippen LogP contribution in [0.15, 0.2) is 40.2 Å². The van der Waals surface area contributed by atoms with E-state index in [0.717, 1.165) is 3.79 Å². The smallest absolute Gasteiger partial charge is 0.262 e. The number of hydrogen-bond acceptors (Lipinski definition) is 4. The fourth-order valence-electron chi connectivity index (χ4n) is 1.91. The Hall–Kier alpha value is -2.19. The number of anilines is 2. The van der Waals surface area contributed by atoms with Crippen molar-refractivity contribution in [1.82, 2.24) is 5.32 Å². The Balaban J connectivity index is 1.90. The molecule has 25 heavy (non-hydrogen) atoms. The molecule has 0 fully saturated rings. The number of amides is 3. The second-order valence-electron chi connectivity index (χ2n) is 5.27. The third kappa shape index (κ3) is 5.68. The van der Waals surface area contributed by atoms with Crippen LogP contribution in [0, 0.1) is 0 Å². The Morgan fingerprint density at radius 2 is 1.64 bits per heavy atom. The highest BCUT2D eigenvalue weighted by Crippen LogP contribution is 2.22. The maximum atomic E-state index is 12.2. The van der Waals surface area contributed by atoms with Crippen molar-refractivity contribution >= 4 is 56.4 Å². The van der Waals surface area contributed by atoms with E-state index in [9.17, 15) is 14.4 Å². The van der Waals surface area contributed by atoms with E-state index in [2.05, 4.69) is 31.9 Å². The first kappa shape index (κ1) is 19.1. The minimum Gasteiger partial charge on any atom is -0.340 e. The van der Waals surface area contributed by atoms with E-state index in [4.69, 9.17) is 0 Å². The quantitative estimate of drug-likeness (QED) is 0.662. The molecule has 0 aliphatic rings. The number of nitrogens with one attached hydrogen (secondary N) is 3. The summed E-state index contributed by atoms with van der Waals surface area (Å²) in [4.78, 5) is 36.1. The molecule has 8 heteroatoms. The Kier molecular flexibility index (Phi) is 6.72. The number of hydrogen-bond donors (Lipinski definition) is 3. The van der Waals surface area contributed by atoms with E-state index < -0.39 is 6.04 Å². The van der Waals surface area contributed by atoms with Crippen molar-refractivity contribution in [2.45, 2.75) is 26.3 Å². The molecule has 1 aromatic carbocycles. The number of thiophene rings is 1. The summed E-state index contributed by atoms with van der Waals surface area (Å²) < 4.78 is 0.852. The zero-order chi connectivity index (χ0) is 18.4. The molecule has 6 nitrogen and oxygen atoms in total. The SMILES string of the molecule is CCC(=O)Nc1ccc(NC(=O)C(C)NC(=O)c2ccc(Br)s2)cc1. The zero-order valence-electron chi connectivity index (χ0n) is 13.8. The van der Waals surface area contributed by atoms with Gasteiger partial charge in [-0.05, 0) is 59.3 Å². The molecule has 0 saturated carbocycles. The van der Waals surface area contributed by atoms with E-state index in [1.807, 2.05) is 0 Å². The molecular formula is C17H18BrN3O3S. The molecule has 0 radical (unpaired) electrons. The zero-order valence-corrected chi connectivity index (χ0v) is 16.2. The lowest BCUT2D eigenvalue weighted by Crippen LogP contribution is -2.41. The standard InChI is InChI=1S/C17H18BrN3O3S/c1-3-15(22)20-11-4-6-12(7-5-11)21-16(23)10(2)19-17(24)13-8-9-14(18)25-13/h4-10H,3H2,1-2H3,(H,19,24)(H,20,22)(H,21,23). The molecule has 1 atom stereocenters. The lowest BCUT2D eigenvalue weighted by atomic mass is 10.2. The van der Waals surface area contributed by atoms with Gasteiger partial charge in [-0.15, -0.1) is 11.3 Å². The number of halogens is 1. The van der Waals surface area contributed by atoms with Gasteiger partial charge < -0.3 is 16.0 Å². The molecule has 0 bridgehead atoms. The summed E-state index contributed by atoms with van der Waals surface area (Å²) in [6, 6.07) is 9.57. The summed E-state index contributed by atoms with van der Waals surface area (Å²) in [6.45, 7) is 3.39. The number of rotatable bonds is 6. The van der Waals surface area contributed by atoms with Crippen LogP contribution < -0.4 is 16.0 Å². The maximum Gasteiger partial charge on any atom is 0.262 e. The first-order chi connectivity index (χ1) is 11.9.